The van der Waals surface area contributed by atoms with Gasteiger partial charge in [-0.2, -0.15) is 0 Å². The van der Waals surface area contributed by atoms with Gasteiger partial charge in [0.2, 0.25) is 11.8 Å². The fraction of sp³-hybridized carbons (Fsp3) is 0.400. The Hall–Kier alpha value is -1.12. The molecule has 8 heteroatoms. The van der Waals surface area contributed by atoms with Gasteiger partial charge in [0.1, 0.15) is 4.32 Å². The molecule has 0 heterocycles. The molecule has 126 valence electrons. The summed E-state index contributed by atoms with van der Waals surface area (Å²) in [5, 5.41) is 5.31. The maximum absolute atomic E-state index is 11.8. The fourth-order valence-corrected chi connectivity index (χ4v) is 3.30. The summed E-state index contributed by atoms with van der Waals surface area (Å²) >= 11 is 9.91. The lowest BCUT2D eigenvalue weighted by Gasteiger charge is -2.20. The highest BCUT2D eigenvalue weighted by Crippen LogP contribution is 2.20. The second-order valence-electron chi connectivity index (χ2n) is 4.53. The molecule has 0 spiro atoms. The molecule has 1 rings (SSSR count). The van der Waals surface area contributed by atoms with Crippen LogP contribution in [0.15, 0.2) is 28.7 Å². The van der Waals surface area contributed by atoms with Crippen LogP contribution in [0, 0.1) is 0 Å². The van der Waals surface area contributed by atoms with Crippen molar-refractivity contribution in [2.75, 3.05) is 30.7 Å². The number of thioether (sulfide) groups is 1. The second kappa shape index (κ2) is 10.6. The number of nitrogens with one attached hydrogen (secondary N) is 2. The zero-order valence-electron chi connectivity index (χ0n) is 13.1. The Balaban J connectivity index is 2.32. The first-order chi connectivity index (χ1) is 11.0. The first-order valence-corrected chi connectivity index (χ1v) is 9.39. The van der Waals surface area contributed by atoms with Crippen molar-refractivity contribution in [3.8, 4) is 0 Å². The van der Waals surface area contributed by atoms with Gasteiger partial charge in [-0.05, 0) is 41.9 Å². The Morgan fingerprint density at radius 2 is 1.87 bits per heavy atom. The highest BCUT2D eigenvalue weighted by Gasteiger charge is 2.11. The van der Waals surface area contributed by atoms with E-state index in [-0.39, 0.29) is 24.1 Å². The van der Waals surface area contributed by atoms with Crippen LogP contribution in [0.5, 0.6) is 0 Å². The summed E-state index contributed by atoms with van der Waals surface area (Å²) in [6.45, 7) is 5.60. The Bertz CT molecular complexity index is 565. The van der Waals surface area contributed by atoms with Gasteiger partial charge in [0.25, 0.3) is 0 Å². The van der Waals surface area contributed by atoms with Crippen molar-refractivity contribution in [3.05, 3.63) is 28.7 Å². The lowest BCUT2D eigenvalue weighted by molar-refractivity contribution is -0.122. The van der Waals surface area contributed by atoms with E-state index in [1.807, 2.05) is 36.9 Å². The Kier molecular flexibility index (Phi) is 9.20. The highest BCUT2D eigenvalue weighted by atomic mass is 79.9. The van der Waals surface area contributed by atoms with Crippen LogP contribution in [0.4, 0.5) is 5.69 Å². The highest BCUT2D eigenvalue weighted by molar-refractivity contribution is 9.10. The van der Waals surface area contributed by atoms with Gasteiger partial charge in [-0.1, -0.05) is 36.1 Å². The van der Waals surface area contributed by atoms with Crippen molar-refractivity contribution >= 4 is 61.7 Å². The van der Waals surface area contributed by atoms with Crippen molar-refractivity contribution in [1.82, 2.24) is 10.2 Å². The SMILES string of the molecule is CCN(CC)C(=S)SCC(=O)NCC(=O)Nc1ccccc1Br. The largest absolute Gasteiger partial charge is 0.358 e. The number of hydrogen-bond acceptors (Lipinski definition) is 4. The third kappa shape index (κ3) is 7.32. The molecule has 0 aromatic heterocycles. The fourth-order valence-electron chi connectivity index (χ4n) is 1.69. The molecule has 0 aliphatic rings. The van der Waals surface area contributed by atoms with E-state index in [0.717, 1.165) is 17.6 Å². The van der Waals surface area contributed by atoms with Crippen LogP contribution in [-0.4, -0.2) is 46.4 Å². The van der Waals surface area contributed by atoms with Gasteiger partial charge in [0.15, 0.2) is 0 Å². The number of carbonyl (C=O) groups is 2. The van der Waals surface area contributed by atoms with Crippen LogP contribution in [0.2, 0.25) is 0 Å². The number of carbonyl (C=O) groups excluding carboxylic acids is 2. The molecule has 0 unspecified atom stereocenters. The van der Waals surface area contributed by atoms with Crippen LogP contribution >= 0.6 is 39.9 Å². The molecule has 1 aromatic carbocycles. The summed E-state index contributed by atoms with van der Waals surface area (Å²) in [6, 6.07) is 7.29. The molecule has 23 heavy (non-hydrogen) atoms. The normalized spacial score (nSPS) is 10.0. The number of halogens is 1. The van der Waals surface area contributed by atoms with Crippen molar-refractivity contribution in [3.63, 3.8) is 0 Å². The van der Waals surface area contributed by atoms with Crippen molar-refractivity contribution in [1.29, 1.82) is 0 Å². The first kappa shape index (κ1) is 19.9. The van der Waals surface area contributed by atoms with Gasteiger partial charge < -0.3 is 15.5 Å². The van der Waals surface area contributed by atoms with Gasteiger partial charge >= 0.3 is 0 Å². The maximum atomic E-state index is 11.8. The molecule has 1 aromatic rings. The average Bonchev–Trinajstić information content (AvgIpc) is 2.54. The topological polar surface area (TPSA) is 61.4 Å². The van der Waals surface area contributed by atoms with E-state index in [1.54, 1.807) is 6.07 Å². The molecule has 5 nitrogen and oxygen atoms in total. The van der Waals surface area contributed by atoms with Crippen molar-refractivity contribution in [2.24, 2.45) is 0 Å². The van der Waals surface area contributed by atoms with E-state index in [1.165, 1.54) is 11.8 Å². The van der Waals surface area contributed by atoms with E-state index in [9.17, 15) is 9.59 Å². The summed E-state index contributed by atoms with van der Waals surface area (Å²) in [7, 11) is 0. The third-order valence-electron chi connectivity index (χ3n) is 2.94. The number of amides is 2. The number of anilines is 1. The van der Waals surface area contributed by atoms with Crippen molar-refractivity contribution < 1.29 is 9.59 Å². The van der Waals surface area contributed by atoms with Crippen LogP contribution < -0.4 is 10.6 Å². The van der Waals surface area contributed by atoms with Gasteiger partial charge in [0.05, 0.1) is 18.0 Å². The smallest absolute Gasteiger partial charge is 0.243 e. The molecule has 2 amide bonds. The van der Waals surface area contributed by atoms with E-state index < -0.39 is 0 Å². The second-order valence-corrected chi connectivity index (χ2v) is 7.00. The number of thiocarbonyl (C=S) groups is 1. The predicted octanol–water partition coefficient (Wildman–Crippen LogP) is 2.86. The van der Waals surface area contributed by atoms with Crippen LogP contribution in [-0.2, 0) is 9.59 Å². The zero-order valence-corrected chi connectivity index (χ0v) is 16.3. The minimum absolute atomic E-state index is 0.0707. The standard InChI is InChI=1S/C15H20BrN3O2S2/c1-3-19(4-2)15(22)23-10-14(21)17-9-13(20)18-12-8-6-5-7-11(12)16/h5-8H,3-4,9-10H2,1-2H3,(H,17,21)(H,18,20). The molecule has 0 aliphatic heterocycles. The number of nitrogens with zero attached hydrogens (tertiary/aromatic N) is 1. The molecule has 0 atom stereocenters. The molecule has 0 radical (unpaired) electrons. The summed E-state index contributed by atoms with van der Waals surface area (Å²) < 4.78 is 1.49. The van der Waals surface area contributed by atoms with E-state index in [4.69, 9.17) is 12.2 Å². The van der Waals surface area contributed by atoms with Crippen LogP contribution in [0.3, 0.4) is 0 Å². The lowest BCUT2D eigenvalue weighted by atomic mass is 10.3. The lowest BCUT2D eigenvalue weighted by Crippen LogP contribution is -2.35. The number of para-hydroxylation sites is 1. The molecule has 0 saturated heterocycles. The number of hydrogen-bond donors (Lipinski definition) is 2. The van der Waals surface area contributed by atoms with Gasteiger partial charge in [-0.15, -0.1) is 0 Å². The van der Waals surface area contributed by atoms with E-state index in [0.29, 0.717) is 10.0 Å². The minimum atomic E-state index is -0.276. The van der Waals surface area contributed by atoms with Gasteiger partial charge in [-0.3, -0.25) is 9.59 Å². The van der Waals surface area contributed by atoms with Gasteiger partial charge in [0, 0.05) is 17.6 Å². The third-order valence-corrected chi connectivity index (χ3v) is 5.16. The summed E-state index contributed by atoms with van der Waals surface area (Å²) in [5.74, 6) is -0.286. The first-order valence-electron chi connectivity index (χ1n) is 7.20. The average molecular weight is 418 g/mol. The molecule has 0 bridgehead atoms. The van der Waals surface area contributed by atoms with Gasteiger partial charge in [-0.25, -0.2) is 0 Å². The monoisotopic (exact) mass is 417 g/mol. The molecule has 0 fully saturated rings. The quantitative estimate of drug-likeness (QED) is 0.667. The summed E-state index contributed by atoms with van der Waals surface area (Å²) in [6.07, 6.45) is 0. The van der Waals surface area contributed by atoms with Crippen LogP contribution in [0.25, 0.3) is 0 Å². The summed E-state index contributed by atoms with van der Waals surface area (Å²) in [4.78, 5) is 25.6. The van der Waals surface area contributed by atoms with Crippen LogP contribution in [0.1, 0.15) is 13.8 Å². The number of benzene rings is 1. The predicted molar refractivity (Wildman–Crippen MR) is 104 cm³/mol. The maximum Gasteiger partial charge on any atom is 0.243 e. The Morgan fingerprint density at radius 1 is 1.22 bits per heavy atom. The van der Waals surface area contributed by atoms with E-state index >= 15 is 0 Å². The molecule has 2 N–H and O–H groups in total. The van der Waals surface area contributed by atoms with E-state index in [2.05, 4.69) is 26.6 Å². The molecular formula is C15H20BrN3O2S2. The Labute approximate surface area is 154 Å². The Morgan fingerprint density at radius 3 is 2.48 bits per heavy atom. The minimum Gasteiger partial charge on any atom is -0.358 e. The van der Waals surface area contributed by atoms with Crippen molar-refractivity contribution in [2.45, 2.75) is 13.8 Å². The number of rotatable bonds is 7. The molecule has 0 saturated carbocycles. The molecular weight excluding hydrogens is 398 g/mol. The molecule has 0 aliphatic carbocycles. The summed E-state index contributed by atoms with van der Waals surface area (Å²) in [5.41, 5.74) is 0.670. The zero-order chi connectivity index (χ0) is 17.2.